The van der Waals surface area contributed by atoms with Gasteiger partial charge in [0.2, 0.25) is 0 Å². The van der Waals surface area contributed by atoms with Crippen LogP contribution in [0.3, 0.4) is 0 Å². The minimum absolute atomic E-state index is 0.120. The molecule has 0 bridgehead atoms. The van der Waals surface area contributed by atoms with Crippen LogP contribution in [0.25, 0.3) is 0 Å². The van der Waals surface area contributed by atoms with Crippen molar-refractivity contribution in [2.24, 2.45) is 5.92 Å². The van der Waals surface area contributed by atoms with Crippen LogP contribution in [-0.2, 0) is 0 Å². The number of hydrogen-bond acceptors (Lipinski definition) is 3. The van der Waals surface area contributed by atoms with Gasteiger partial charge in [-0.05, 0) is 39.0 Å². The highest BCUT2D eigenvalue weighted by Crippen LogP contribution is 2.33. The molecule has 0 amide bonds. The largest absolute Gasteiger partial charge is 0.492 e. The molecule has 0 saturated carbocycles. The summed E-state index contributed by atoms with van der Waals surface area (Å²) in [6.07, 6.45) is 21.7. The molecule has 0 radical (unpaired) electrons. The van der Waals surface area contributed by atoms with Gasteiger partial charge >= 0.3 is 8.80 Å². The maximum absolute atomic E-state index is 9.16. The zero-order chi connectivity index (χ0) is 21.3. The molecule has 0 aromatic rings. The van der Waals surface area contributed by atoms with E-state index >= 15 is 0 Å². The second-order valence-corrected chi connectivity index (χ2v) is 12.3. The van der Waals surface area contributed by atoms with Gasteiger partial charge in [0, 0.05) is 10.9 Å². The van der Waals surface area contributed by atoms with E-state index < -0.39 is 8.80 Å². The fourth-order valence-corrected chi connectivity index (χ4v) is 4.90. The monoisotopic (exact) mass is 436 g/mol. The molecular weight excluding hydrogens is 388 g/mol. The summed E-state index contributed by atoms with van der Waals surface area (Å²) in [5.74, 6) is 0.364. The van der Waals surface area contributed by atoms with E-state index in [4.69, 9.17) is 26.0 Å². The van der Waals surface area contributed by atoms with Crippen LogP contribution < -0.4 is 0 Å². The molecule has 0 aliphatic rings. The fraction of sp³-hybridized carbons (Fsp3) is 1.00. The predicted octanol–water partition coefficient (Wildman–Crippen LogP) is 7.19. The summed E-state index contributed by atoms with van der Waals surface area (Å²) in [5.41, 5.74) is 0. The van der Waals surface area contributed by atoms with Crippen LogP contribution in [0, 0.1) is 5.92 Å². The molecule has 0 saturated heterocycles. The van der Waals surface area contributed by atoms with E-state index in [1.807, 2.05) is 13.8 Å². The maximum Gasteiger partial charge on any atom is 0.492 e. The van der Waals surface area contributed by atoms with Gasteiger partial charge in [0.1, 0.15) is 0 Å². The average Bonchev–Trinajstić information content (AvgIpc) is 2.58. The lowest BCUT2D eigenvalue weighted by molar-refractivity contribution is 0.223. The quantitative estimate of drug-likeness (QED) is 0.107. The van der Waals surface area contributed by atoms with Gasteiger partial charge in [0.15, 0.2) is 0 Å². The normalized spacial score (nSPS) is 13.8. The summed E-state index contributed by atoms with van der Waals surface area (Å²) in [5, 5.41) is 0. The van der Waals surface area contributed by atoms with Gasteiger partial charge in [0.05, 0.1) is 0 Å². The van der Waals surface area contributed by atoms with E-state index in [0.29, 0.717) is 12.3 Å². The van der Waals surface area contributed by atoms with Gasteiger partial charge < -0.3 is 14.4 Å². The van der Waals surface area contributed by atoms with Gasteiger partial charge in [-0.1, -0.05) is 96.8 Å². The van der Waals surface area contributed by atoms with Crippen LogP contribution in [0.15, 0.2) is 0 Å². The Bertz CT molecular complexity index is 340. The van der Waals surface area contributed by atoms with Crippen molar-refractivity contribution >= 4 is 20.4 Å². The van der Waals surface area contributed by atoms with Crippen LogP contribution in [0.4, 0.5) is 0 Å². The molecule has 0 heterocycles. The molecule has 1 unspecified atom stereocenters. The zero-order valence-electron chi connectivity index (χ0n) is 19.0. The van der Waals surface area contributed by atoms with Crippen molar-refractivity contribution in [2.45, 2.75) is 141 Å². The third kappa shape index (κ3) is 19.7. The van der Waals surface area contributed by atoms with Crippen molar-refractivity contribution in [3.05, 3.63) is 0 Å². The predicted molar refractivity (Wildman–Crippen MR) is 125 cm³/mol. The third-order valence-corrected chi connectivity index (χ3v) is 7.27. The third-order valence-electron chi connectivity index (χ3n) is 5.94. The zero-order valence-corrected chi connectivity index (χ0v) is 20.8. The first-order valence-corrected chi connectivity index (χ1v) is 14.5. The Labute approximate surface area is 181 Å². The Morgan fingerprint density at radius 2 is 1.00 bits per heavy atom. The van der Waals surface area contributed by atoms with Crippen molar-refractivity contribution in [1.29, 1.82) is 0 Å². The summed E-state index contributed by atoms with van der Waals surface area (Å²) in [4.78, 5) is 27.2. The summed E-state index contributed by atoms with van der Waals surface area (Å²) >= 11 is 6.53. The van der Waals surface area contributed by atoms with E-state index in [1.54, 1.807) is 0 Å². The van der Waals surface area contributed by atoms with E-state index in [9.17, 15) is 0 Å². The molecule has 0 aliphatic heterocycles. The summed E-state index contributed by atoms with van der Waals surface area (Å²) in [6, 6.07) is 0.120. The number of unbranched alkanes of at least 4 members (excludes halogenated alkanes) is 13. The summed E-state index contributed by atoms with van der Waals surface area (Å²) in [7, 11) is -3.90. The molecule has 0 aromatic heterocycles. The van der Waals surface area contributed by atoms with E-state index in [0.717, 1.165) is 12.8 Å². The van der Waals surface area contributed by atoms with E-state index in [-0.39, 0.29) is 10.9 Å². The smallest absolute Gasteiger partial charge is 0.390 e. The molecule has 5 heteroatoms. The van der Waals surface area contributed by atoms with Crippen molar-refractivity contribution in [2.75, 3.05) is 0 Å². The minimum Gasteiger partial charge on any atom is -0.390 e. The van der Waals surface area contributed by atoms with Crippen LogP contribution in [0.1, 0.15) is 130 Å². The number of halogens is 1. The summed E-state index contributed by atoms with van der Waals surface area (Å²) in [6.45, 7) is 6.37. The van der Waals surface area contributed by atoms with Crippen LogP contribution in [0.2, 0.25) is 6.04 Å². The lowest BCUT2D eigenvalue weighted by atomic mass is 9.86. The van der Waals surface area contributed by atoms with Crippen LogP contribution in [0.5, 0.6) is 0 Å². The first-order valence-electron chi connectivity index (χ1n) is 12.0. The molecule has 170 valence electrons. The van der Waals surface area contributed by atoms with Crippen molar-refractivity contribution < 1.29 is 14.4 Å². The van der Waals surface area contributed by atoms with Gasteiger partial charge in [-0.2, -0.15) is 0 Å². The molecule has 0 fully saturated rings. The Kier molecular flexibility index (Phi) is 17.3. The molecule has 1 atom stereocenters. The Balaban J connectivity index is 3.57. The van der Waals surface area contributed by atoms with Gasteiger partial charge in [-0.25, -0.2) is 0 Å². The molecule has 0 aromatic carbocycles. The lowest BCUT2D eigenvalue weighted by Gasteiger charge is -2.29. The second-order valence-electron chi connectivity index (χ2n) is 9.31. The molecule has 0 spiro atoms. The second kappa shape index (κ2) is 17.1. The first-order chi connectivity index (χ1) is 13.2. The van der Waals surface area contributed by atoms with Gasteiger partial charge in [-0.15, -0.1) is 11.6 Å². The minimum atomic E-state index is -3.90. The van der Waals surface area contributed by atoms with E-state index in [1.165, 1.54) is 89.9 Å². The van der Waals surface area contributed by atoms with Crippen LogP contribution >= 0.6 is 11.6 Å². The molecule has 3 N–H and O–H groups in total. The van der Waals surface area contributed by atoms with Crippen molar-refractivity contribution in [1.82, 2.24) is 0 Å². The highest BCUT2D eigenvalue weighted by Gasteiger charge is 2.30. The van der Waals surface area contributed by atoms with Gasteiger partial charge in [-0.3, -0.25) is 0 Å². The Hall–Kier alpha value is 0.387. The summed E-state index contributed by atoms with van der Waals surface area (Å²) < 4.78 is 0. The van der Waals surface area contributed by atoms with Crippen molar-refractivity contribution in [3.8, 4) is 0 Å². The SMILES string of the molecule is CCCCCCCCCCCCCCCCC(CCC[Si](O)(O)O)C(C)(C)Cl. The van der Waals surface area contributed by atoms with Crippen molar-refractivity contribution in [3.63, 3.8) is 0 Å². The highest BCUT2D eigenvalue weighted by molar-refractivity contribution is 6.56. The molecule has 3 nitrogen and oxygen atoms in total. The van der Waals surface area contributed by atoms with Gasteiger partial charge in [0.25, 0.3) is 0 Å². The Morgan fingerprint density at radius 1 is 0.643 bits per heavy atom. The standard InChI is InChI=1S/C23H49ClO3Si/c1-4-5-6-7-8-9-10-11-12-13-14-15-16-17-19-22(23(2,3)24)20-18-21-28(25,26)27/h22,25-27H,4-21H2,1-3H3. The first kappa shape index (κ1) is 28.4. The van der Waals surface area contributed by atoms with Crippen LogP contribution in [-0.4, -0.2) is 28.1 Å². The molecular formula is C23H49ClO3Si. The fourth-order valence-electron chi connectivity index (χ4n) is 4.00. The highest BCUT2D eigenvalue weighted by atomic mass is 35.5. The number of alkyl halides is 1. The maximum atomic E-state index is 9.16. The van der Waals surface area contributed by atoms with E-state index in [2.05, 4.69) is 6.92 Å². The molecule has 0 aliphatic carbocycles. The number of hydrogen-bond donors (Lipinski definition) is 3. The molecule has 0 rings (SSSR count). The number of rotatable bonds is 20. The topological polar surface area (TPSA) is 60.7 Å². The Morgan fingerprint density at radius 3 is 1.36 bits per heavy atom. The average molecular weight is 437 g/mol. The molecule has 28 heavy (non-hydrogen) atoms. The lowest BCUT2D eigenvalue weighted by Crippen LogP contribution is -2.34.